The van der Waals surface area contributed by atoms with Gasteiger partial charge < -0.3 is 9.88 Å². The second-order valence-electron chi connectivity index (χ2n) is 4.82. The Kier molecular flexibility index (Phi) is 3.01. The molecular formula is C14H12FN5S. The molecule has 0 atom stereocenters. The molecule has 5 nitrogen and oxygen atoms in total. The molecule has 7 heteroatoms. The lowest BCUT2D eigenvalue weighted by Crippen LogP contribution is -2.28. The third-order valence-corrected chi connectivity index (χ3v) is 4.32. The van der Waals surface area contributed by atoms with E-state index in [1.807, 2.05) is 11.4 Å². The topological polar surface area (TPSA) is 55.6 Å². The molecule has 0 bridgehead atoms. The van der Waals surface area contributed by atoms with Crippen LogP contribution in [0.15, 0.2) is 29.6 Å². The van der Waals surface area contributed by atoms with E-state index in [-0.39, 0.29) is 5.82 Å². The monoisotopic (exact) mass is 301 g/mol. The zero-order valence-electron chi connectivity index (χ0n) is 11.1. The highest BCUT2D eigenvalue weighted by molar-refractivity contribution is 7.13. The molecule has 0 aliphatic carbocycles. The lowest BCUT2D eigenvalue weighted by atomic mass is 10.2. The number of benzene rings is 1. The summed E-state index contributed by atoms with van der Waals surface area (Å²) in [7, 11) is 0. The van der Waals surface area contributed by atoms with Crippen molar-refractivity contribution in [3.05, 3.63) is 41.3 Å². The average Bonchev–Trinajstić information content (AvgIpc) is 3.14. The van der Waals surface area contributed by atoms with Crippen LogP contribution in [-0.4, -0.2) is 26.3 Å². The molecule has 21 heavy (non-hydrogen) atoms. The van der Waals surface area contributed by atoms with Crippen LogP contribution in [0.2, 0.25) is 0 Å². The molecule has 4 rings (SSSR count). The molecule has 106 valence electrons. The van der Waals surface area contributed by atoms with E-state index < -0.39 is 0 Å². The summed E-state index contributed by atoms with van der Waals surface area (Å²) in [5, 5.41) is 14.4. The van der Waals surface area contributed by atoms with Crippen molar-refractivity contribution in [2.75, 3.05) is 6.54 Å². The van der Waals surface area contributed by atoms with Crippen molar-refractivity contribution in [2.45, 2.75) is 13.1 Å². The first-order valence-corrected chi connectivity index (χ1v) is 7.54. The predicted octanol–water partition coefficient (Wildman–Crippen LogP) is 2.31. The molecular weight excluding hydrogens is 289 g/mol. The highest BCUT2D eigenvalue weighted by atomic mass is 32.1. The number of aromatic nitrogens is 4. The van der Waals surface area contributed by atoms with E-state index in [1.54, 1.807) is 6.07 Å². The molecule has 0 saturated heterocycles. The van der Waals surface area contributed by atoms with Gasteiger partial charge in [-0.2, -0.15) is 0 Å². The van der Waals surface area contributed by atoms with Gasteiger partial charge in [-0.25, -0.2) is 9.37 Å². The van der Waals surface area contributed by atoms with Crippen molar-refractivity contribution in [1.82, 2.24) is 25.1 Å². The summed E-state index contributed by atoms with van der Waals surface area (Å²) in [5.74, 6) is 1.46. The minimum atomic E-state index is -0.254. The van der Waals surface area contributed by atoms with Crippen LogP contribution in [0.5, 0.6) is 0 Å². The van der Waals surface area contributed by atoms with Crippen molar-refractivity contribution in [1.29, 1.82) is 0 Å². The summed E-state index contributed by atoms with van der Waals surface area (Å²) < 4.78 is 15.4. The van der Waals surface area contributed by atoms with Crippen molar-refractivity contribution < 1.29 is 4.39 Å². The van der Waals surface area contributed by atoms with Gasteiger partial charge in [0.25, 0.3) is 0 Å². The fourth-order valence-corrected chi connectivity index (χ4v) is 3.21. The summed E-state index contributed by atoms with van der Waals surface area (Å²) in [6.45, 7) is 2.47. The zero-order chi connectivity index (χ0) is 14.2. The first kappa shape index (κ1) is 12.6. The number of rotatable bonds is 2. The van der Waals surface area contributed by atoms with E-state index >= 15 is 0 Å². The molecule has 2 aromatic heterocycles. The summed E-state index contributed by atoms with van der Waals surface area (Å²) in [6.07, 6.45) is 0. The quantitative estimate of drug-likeness (QED) is 0.789. The Labute approximate surface area is 124 Å². The van der Waals surface area contributed by atoms with Crippen molar-refractivity contribution >= 4 is 11.3 Å². The molecule has 0 unspecified atom stereocenters. The minimum absolute atomic E-state index is 0.254. The van der Waals surface area contributed by atoms with Crippen LogP contribution in [-0.2, 0) is 13.1 Å². The molecule has 0 spiro atoms. The lowest BCUT2D eigenvalue weighted by molar-refractivity contribution is 0.508. The summed E-state index contributed by atoms with van der Waals surface area (Å²) in [5.41, 5.74) is 1.58. The summed E-state index contributed by atoms with van der Waals surface area (Å²) >= 11 is 1.49. The van der Waals surface area contributed by atoms with Gasteiger partial charge in [0.05, 0.1) is 6.54 Å². The third-order valence-electron chi connectivity index (χ3n) is 3.43. The number of nitrogens with one attached hydrogen (secondary N) is 1. The van der Waals surface area contributed by atoms with Gasteiger partial charge in [-0.05, 0) is 12.1 Å². The van der Waals surface area contributed by atoms with Crippen LogP contribution in [0.1, 0.15) is 5.82 Å². The number of halogens is 1. The lowest BCUT2D eigenvalue weighted by Gasteiger charge is -2.15. The van der Waals surface area contributed by atoms with Crippen LogP contribution in [0.4, 0.5) is 4.39 Å². The van der Waals surface area contributed by atoms with Crippen LogP contribution >= 0.6 is 11.3 Å². The standard InChI is InChI=1S/C14H12FN5S/c15-10-3-1-2-9(6-10)14-17-11(8-21-14)13-19-18-12-7-16-4-5-20(12)13/h1-3,6,8,16H,4-5,7H2. The fourth-order valence-electron chi connectivity index (χ4n) is 2.41. The minimum Gasteiger partial charge on any atom is -0.308 e. The van der Waals surface area contributed by atoms with Crippen LogP contribution in [0, 0.1) is 5.82 Å². The van der Waals surface area contributed by atoms with Gasteiger partial charge in [0.1, 0.15) is 22.3 Å². The Hall–Kier alpha value is -2.12. The molecule has 0 amide bonds. The molecule has 0 saturated carbocycles. The Bertz CT molecular complexity index is 794. The third kappa shape index (κ3) is 2.24. The SMILES string of the molecule is Fc1cccc(-c2nc(-c3nnc4n3CCNC4)cs2)c1. The number of nitrogens with zero attached hydrogens (tertiary/aromatic N) is 4. The molecule has 0 radical (unpaired) electrons. The normalized spacial score (nSPS) is 14.1. The Morgan fingerprint density at radius 2 is 2.24 bits per heavy atom. The van der Waals surface area contributed by atoms with E-state index in [2.05, 4.69) is 25.1 Å². The summed E-state index contributed by atoms with van der Waals surface area (Å²) in [6, 6.07) is 6.47. The smallest absolute Gasteiger partial charge is 0.183 e. The molecule has 1 N–H and O–H groups in total. The van der Waals surface area contributed by atoms with E-state index in [1.165, 1.54) is 23.5 Å². The number of hydrogen-bond acceptors (Lipinski definition) is 5. The van der Waals surface area contributed by atoms with Crippen LogP contribution in [0.25, 0.3) is 22.1 Å². The highest BCUT2D eigenvalue weighted by Gasteiger charge is 2.18. The van der Waals surface area contributed by atoms with Gasteiger partial charge in [0.15, 0.2) is 5.82 Å². The molecule has 3 aromatic rings. The van der Waals surface area contributed by atoms with Crippen molar-refractivity contribution in [3.8, 4) is 22.1 Å². The van der Waals surface area contributed by atoms with Gasteiger partial charge in [-0.1, -0.05) is 12.1 Å². The van der Waals surface area contributed by atoms with Crippen molar-refractivity contribution in [2.24, 2.45) is 0 Å². The molecule has 0 fully saturated rings. The summed E-state index contributed by atoms with van der Waals surface area (Å²) in [4.78, 5) is 4.58. The highest BCUT2D eigenvalue weighted by Crippen LogP contribution is 2.29. The predicted molar refractivity (Wildman–Crippen MR) is 78.2 cm³/mol. The zero-order valence-corrected chi connectivity index (χ0v) is 11.9. The van der Waals surface area contributed by atoms with Gasteiger partial charge >= 0.3 is 0 Å². The molecule has 1 aliphatic rings. The van der Waals surface area contributed by atoms with E-state index in [4.69, 9.17) is 0 Å². The molecule has 1 aliphatic heterocycles. The van der Waals surface area contributed by atoms with Gasteiger partial charge in [0.2, 0.25) is 0 Å². The van der Waals surface area contributed by atoms with E-state index in [0.717, 1.165) is 47.5 Å². The first-order valence-electron chi connectivity index (χ1n) is 6.66. The maximum atomic E-state index is 13.3. The first-order chi connectivity index (χ1) is 10.3. The van der Waals surface area contributed by atoms with Crippen molar-refractivity contribution in [3.63, 3.8) is 0 Å². The Morgan fingerprint density at radius 1 is 1.29 bits per heavy atom. The van der Waals surface area contributed by atoms with Crippen LogP contribution in [0.3, 0.4) is 0 Å². The Balaban J connectivity index is 1.73. The van der Waals surface area contributed by atoms with E-state index in [9.17, 15) is 4.39 Å². The fraction of sp³-hybridized carbons (Fsp3) is 0.214. The Morgan fingerprint density at radius 3 is 3.14 bits per heavy atom. The number of thiazole rings is 1. The number of hydrogen-bond donors (Lipinski definition) is 1. The second-order valence-corrected chi connectivity index (χ2v) is 5.67. The second kappa shape index (κ2) is 5.01. The largest absolute Gasteiger partial charge is 0.308 e. The van der Waals surface area contributed by atoms with Gasteiger partial charge in [-0.3, -0.25) is 0 Å². The maximum Gasteiger partial charge on any atom is 0.183 e. The molecule has 3 heterocycles. The van der Waals surface area contributed by atoms with Gasteiger partial charge in [-0.15, -0.1) is 21.5 Å². The van der Waals surface area contributed by atoms with E-state index in [0.29, 0.717) is 0 Å². The number of fused-ring (bicyclic) bond motifs is 1. The molecule has 1 aromatic carbocycles. The average molecular weight is 301 g/mol. The van der Waals surface area contributed by atoms with Gasteiger partial charge in [0, 0.05) is 24.0 Å². The maximum absolute atomic E-state index is 13.3. The van der Waals surface area contributed by atoms with Crippen LogP contribution < -0.4 is 5.32 Å².